The minimum Gasteiger partial charge on any atom is -0.370 e. The molecule has 0 fully saturated rings. The molecule has 5 heteroatoms. The second kappa shape index (κ2) is 6.66. The molecule has 0 unspecified atom stereocenters. The first-order valence-corrected chi connectivity index (χ1v) is 7.08. The maximum Gasteiger partial charge on any atom is 0.161 e. The Labute approximate surface area is 123 Å². The third-order valence-corrected chi connectivity index (χ3v) is 2.98. The quantitative estimate of drug-likeness (QED) is 0.892. The second-order valence-electron chi connectivity index (χ2n) is 4.51. The maximum atomic E-state index is 13.5. The maximum absolute atomic E-state index is 13.5. The van der Waals surface area contributed by atoms with Gasteiger partial charge >= 0.3 is 0 Å². The minimum absolute atomic E-state index is 0.342. The van der Waals surface area contributed by atoms with Crippen molar-refractivity contribution in [3.05, 3.63) is 40.8 Å². The monoisotopic (exact) mass is 293 g/mol. The lowest BCUT2D eigenvalue weighted by molar-refractivity contribution is 0.628. The minimum atomic E-state index is -0.387. The Balaban J connectivity index is 2.48. The van der Waals surface area contributed by atoms with Crippen LogP contribution in [0, 0.1) is 5.82 Å². The smallest absolute Gasteiger partial charge is 0.161 e. The summed E-state index contributed by atoms with van der Waals surface area (Å²) in [7, 11) is 0. The van der Waals surface area contributed by atoms with Gasteiger partial charge in [-0.3, -0.25) is 0 Å². The average Bonchev–Trinajstić information content (AvgIpc) is 2.38. The van der Waals surface area contributed by atoms with E-state index < -0.39 is 0 Å². The highest BCUT2D eigenvalue weighted by molar-refractivity contribution is 6.30. The molecule has 20 heavy (non-hydrogen) atoms. The highest BCUT2D eigenvalue weighted by atomic mass is 35.5. The molecule has 1 heterocycles. The Morgan fingerprint density at radius 2 is 1.95 bits per heavy atom. The Morgan fingerprint density at radius 1 is 1.15 bits per heavy atom. The summed E-state index contributed by atoms with van der Waals surface area (Å²) in [5.41, 5.74) is 1.53. The number of halogens is 2. The van der Waals surface area contributed by atoms with Gasteiger partial charge in [-0.1, -0.05) is 24.9 Å². The number of anilines is 1. The van der Waals surface area contributed by atoms with E-state index in [-0.39, 0.29) is 5.82 Å². The molecule has 2 aromatic rings. The second-order valence-corrected chi connectivity index (χ2v) is 4.94. The Bertz CT molecular complexity index is 557. The molecule has 0 radical (unpaired) electrons. The largest absolute Gasteiger partial charge is 0.370 e. The van der Waals surface area contributed by atoms with Crippen LogP contribution in [0.5, 0.6) is 0 Å². The molecule has 106 valence electrons. The van der Waals surface area contributed by atoms with Gasteiger partial charge < -0.3 is 5.32 Å². The normalized spacial score (nSPS) is 10.6. The van der Waals surface area contributed by atoms with Crippen LogP contribution in [0.2, 0.25) is 5.02 Å². The van der Waals surface area contributed by atoms with Crippen LogP contribution in [0.4, 0.5) is 10.2 Å². The van der Waals surface area contributed by atoms with Crippen molar-refractivity contribution in [1.29, 1.82) is 0 Å². The molecule has 0 spiro atoms. The van der Waals surface area contributed by atoms with Crippen molar-refractivity contribution in [3.63, 3.8) is 0 Å². The van der Waals surface area contributed by atoms with Gasteiger partial charge in [0.25, 0.3) is 0 Å². The third-order valence-electron chi connectivity index (χ3n) is 2.76. The Kier molecular flexibility index (Phi) is 4.90. The zero-order valence-corrected chi connectivity index (χ0v) is 12.3. The number of aryl methyl sites for hydroxylation is 1. The number of nitrogens with one attached hydrogen (secondary N) is 1. The van der Waals surface area contributed by atoms with Crippen LogP contribution >= 0.6 is 11.6 Å². The van der Waals surface area contributed by atoms with Gasteiger partial charge in [-0.25, -0.2) is 14.4 Å². The highest BCUT2D eigenvalue weighted by Crippen LogP contribution is 2.23. The first kappa shape index (κ1) is 14.7. The summed E-state index contributed by atoms with van der Waals surface area (Å²) in [4.78, 5) is 8.89. The van der Waals surface area contributed by atoms with Crippen LogP contribution in [0.15, 0.2) is 24.3 Å². The molecular weight excluding hydrogens is 277 g/mol. The van der Waals surface area contributed by atoms with Crippen molar-refractivity contribution < 1.29 is 4.39 Å². The lowest BCUT2D eigenvalue weighted by Gasteiger charge is -2.09. The van der Waals surface area contributed by atoms with Gasteiger partial charge in [0.15, 0.2) is 5.82 Å². The molecule has 1 aromatic heterocycles. The molecule has 3 nitrogen and oxygen atoms in total. The van der Waals surface area contributed by atoms with Crippen molar-refractivity contribution in [2.75, 3.05) is 11.9 Å². The van der Waals surface area contributed by atoms with Gasteiger partial charge in [0.2, 0.25) is 0 Å². The van der Waals surface area contributed by atoms with Gasteiger partial charge in [-0.05, 0) is 31.5 Å². The van der Waals surface area contributed by atoms with Crippen LogP contribution in [0.3, 0.4) is 0 Å². The van der Waals surface area contributed by atoms with Crippen LogP contribution < -0.4 is 5.32 Å². The SMILES string of the molecule is CCCc1cc(NCC)nc(-c2cc(F)cc(Cl)c2)n1. The summed E-state index contributed by atoms with van der Waals surface area (Å²) >= 11 is 5.89. The van der Waals surface area contributed by atoms with E-state index in [0.717, 1.165) is 30.9 Å². The van der Waals surface area contributed by atoms with E-state index in [0.29, 0.717) is 16.4 Å². The fourth-order valence-corrected chi connectivity index (χ4v) is 2.19. The molecule has 0 aliphatic rings. The zero-order chi connectivity index (χ0) is 14.5. The van der Waals surface area contributed by atoms with Crippen molar-refractivity contribution in [2.24, 2.45) is 0 Å². The van der Waals surface area contributed by atoms with Crippen LogP contribution in [0.25, 0.3) is 11.4 Å². The van der Waals surface area contributed by atoms with Gasteiger partial charge in [0.05, 0.1) is 0 Å². The van der Waals surface area contributed by atoms with E-state index in [1.165, 1.54) is 12.1 Å². The molecule has 2 rings (SSSR count). The van der Waals surface area contributed by atoms with Crippen molar-refractivity contribution in [3.8, 4) is 11.4 Å². The number of hydrogen-bond acceptors (Lipinski definition) is 3. The summed E-state index contributed by atoms with van der Waals surface area (Å²) in [6.07, 6.45) is 1.85. The molecule has 0 saturated carbocycles. The molecule has 1 N–H and O–H groups in total. The van der Waals surface area contributed by atoms with Crippen molar-refractivity contribution >= 4 is 17.4 Å². The van der Waals surface area contributed by atoms with E-state index in [2.05, 4.69) is 22.2 Å². The van der Waals surface area contributed by atoms with Gasteiger partial charge in [-0.2, -0.15) is 0 Å². The molecule has 0 aliphatic heterocycles. The number of nitrogens with zero attached hydrogens (tertiary/aromatic N) is 2. The van der Waals surface area contributed by atoms with Crippen LogP contribution in [0.1, 0.15) is 26.0 Å². The van der Waals surface area contributed by atoms with E-state index in [9.17, 15) is 4.39 Å². The predicted octanol–water partition coefficient (Wildman–Crippen LogP) is 4.32. The number of hydrogen-bond donors (Lipinski definition) is 1. The average molecular weight is 294 g/mol. The summed E-state index contributed by atoms with van der Waals surface area (Å²) in [5.74, 6) is 0.858. The van der Waals surface area contributed by atoms with E-state index in [1.807, 2.05) is 13.0 Å². The first-order chi connectivity index (χ1) is 9.62. The Morgan fingerprint density at radius 3 is 2.60 bits per heavy atom. The van der Waals surface area contributed by atoms with Crippen LogP contribution in [-0.2, 0) is 6.42 Å². The molecule has 0 aliphatic carbocycles. The number of benzene rings is 1. The molecule has 0 saturated heterocycles. The summed E-state index contributed by atoms with van der Waals surface area (Å²) < 4.78 is 13.5. The topological polar surface area (TPSA) is 37.8 Å². The van der Waals surface area contributed by atoms with Gasteiger partial charge in [0.1, 0.15) is 11.6 Å². The fraction of sp³-hybridized carbons (Fsp3) is 0.333. The summed E-state index contributed by atoms with van der Waals surface area (Å²) in [6, 6.07) is 6.27. The van der Waals surface area contributed by atoms with Gasteiger partial charge in [0, 0.05) is 28.9 Å². The van der Waals surface area contributed by atoms with Crippen LogP contribution in [-0.4, -0.2) is 16.5 Å². The summed E-state index contributed by atoms with van der Waals surface area (Å²) in [5, 5.41) is 3.51. The molecule has 1 aromatic carbocycles. The van der Waals surface area contributed by atoms with E-state index in [1.54, 1.807) is 6.07 Å². The predicted molar refractivity (Wildman–Crippen MR) is 80.6 cm³/mol. The fourth-order valence-electron chi connectivity index (χ4n) is 1.97. The standard InChI is InChI=1S/C15H17ClFN3/c1-3-5-13-9-14(18-4-2)20-15(19-13)10-6-11(16)8-12(17)7-10/h6-9H,3-5H2,1-2H3,(H,18,19,20). The van der Waals surface area contributed by atoms with Crippen molar-refractivity contribution in [2.45, 2.75) is 26.7 Å². The molecular formula is C15H17ClFN3. The lowest BCUT2D eigenvalue weighted by Crippen LogP contribution is -2.04. The number of rotatable bonds is 5. The molecule has 0 amide bonds. The lowest BCUT2D eigenvalue weighted by atomic mass is 10.2. The molecule has 0 atom stereocenters. The Hall–Kier alpha value is -1.68. The third kappa shape index (κ3) is 3.67. The number of aromatic nitrogens is 2. The van der Waals surface area contributed by atoms with E-state index in [4.69, 9.17) is 11.6 Å². The highest BCUT2D eigenvalue weighted by Gasteiger charge is 2.09. The van der Waals surface area contributed by atoms with Gasteiger partial charge in [-0.15, -0.1) is 0 Å². The zero-order valence-electron chi connectivity index (χ0n) is 11.6. The first-order valence-electron chi connectivity index (χ1n) is 6.70. The molecule has 0 bridgehead atoms. The van der Waals surface area contributed by atoms with E-state index >= 15 is 0 Å². The summed E-state index contributed by atoms with van der Waals surface area (Å²) in [6.45, 7) is 4.86. The van der Waals surface area contributed by atoms with Crippen molar-refractivity contribution in [1.82, 2.24) is 9.97 Å².